The van der Waals surface area contributed by atoms with Crippen molar-refractivity contribution in [3.63, 3.8) is 0 Å². The van der Waals surface area contributed by atoms with Crippen LogP contribution in [0.2, 0.25) is 0 Å². The first-order valence-corrected chi connectivity index (χ1v) is 7.13. The number of nitrogens with one attached hydrogen (secondary N) is 1. The maximum absolute atomic E-state index is 12.9. The molecule has 19 heavy (non-hydrogen) atoms. The minimum Gasteiger partial charge on any atom is -0.314 e. The molecule has 3 heteroatoms. The summed E-state index contributed by atoms with van der Waals surface area (Å²) in [6, 6.07) is 11.2. The molecule has 0 saturated heterocycles. The third-order valence-corrected chi connectivity index (χ3v) is 4.32. The molecule has 1 aromatic carbocycles. The molecule has 0 fully saturated rings. The normalized spacial score (nSPS) is 13.6. The number of benzene rings is 1. The van der Waals surface area contributed by atoms with Gasteiger partial charge in [-0.05, 0) is 56.8 Å². The average Bonchev–Trinajstić information content (AvgIpc) is 2.87. The first-order valence-electron chi connectivity index (χ1n) is 6.31. The lowest BCUT2D eigenvalue weighted by Gasteiger charge is -2.09. The topological polar surface area (TPSA) is 12.0 Å². The van der Waals surface area contributed by atoms with Crippen LogP contribution in [0.3, 0.4) is 0 Å². The van der Waals surface area contributed by atoms with Gasteiger partial charge in [0.1, 0.15) is 5.82 Å². The number of hydrogen-bond donors (Lipinski definition) is 1. The highest BCUT2D eigenvalue weighted by molar-refractivity contribution is 7.16. The zero-order valence-corrected chi connectivity index (χ0v) is 12.2. The van der Waals surface area contributed by atoms with Crippen molar-refractivity contribution >= 4 is 17.4 Å². The smallest absolute Gasteiger partial charge is 0.123 e. The lowest BCUT2D eigenvalue weighted by atomic mass is 10.1. The third-order valence-electron chi connectivity index (χ3n) is 3.24. The Morgan fingerprint density at radius 2 is 1.89 bits per heavy atom. The molecule has 2 rings (SSSR count). The molecule has 0 spiro atoms. The summed E-state index contributed by atoms with van der Waals surface area (Å²) in [5.41, 5.74) is 2.36. The Balaban J connectivity index is 2.22. The Labute approximate surface area is 117 Å². The second-order valence-corrected chi connectivity index (χ2v) is 5.72. The minimum atomic E-state index is -0.195. The summed E-state index contributed by atoms with van der Waals surface area (Å²) >= 11 is 1.72. The van der Waals surface area contributed by atoms with Gasteiger partial charge in [0.05, 0.1) is 0 Å². The summed E-state index contributed by atoms with van der Waals surface area (Å²) in [5, 5.41) is 3.22. The van der Waals surface area contributed by atoms with Gasteiger partial charge in [0.15, 0.2) is 0 Å². The molecular weight excluding hydrogens is 257 g/mol. The molecule has 0 radical (unpaired) electrons. The van der Waals surface area contributed by atoms with Gasteiger partial charge < -0.3 is 5.32 Å². The summed E-state index contributed by atoms with van der Waals surface area (Å²) in [4.78, 5) is 2.38. The summed E-state index contributed by atoms with van der Waals surface area (Å²) < 4.78 is 12.9. The van der Waals surface area contributed by atoms with E-state index < -0.39 is 0 Å². The summed E-state index contributed by atoms with van der Waals surface area (Å²) in [5.74, 6) is -0.195. The van der Waals surface area contributed by atoms with Crippen LogP contribution >= 0.6 is 11.3 Å². The van der Waals surface area contributed by atoms with Gasteiger partial charge in [0.2, 0.25) is 0 Å². The van der Waals surface area contributed by atoms with Crippen LogP contribution in [0.4, 0.5) is 4.39 Å². The van der Waals surface area contributed by atoms with E-state index in [1.165, 1.54) is 22.6 Å². The molecule has 1 unspecified atom stereocenters. The van der Waals surface area contributed by atoms with Crippen molar-refractivity contribution < 1.29 is 4.39 Å². The van der Waals surface area contributed by atoms with Crippen molar-refractivity contribution in [2.45, 2.75) is 19.9 Å². The van der Waals surface area contributed by atoms with E-state index in [-0.39, 0.29) is 5.82 Å². The van der Waals surface area contributed by atoms with Crippen LogP contribution in [0.5, 0.6) is 0 Å². The largest absolute Gasteiger partial charge is 0.314 e. The van der Waals surface area contributed by atoms with E-state index >= 15 is 0 Å². The fourth-order valence-corrected chi connectivity index (χ4v) is 2.80. The second kappa shape index (κ2) is 6.13. The van der Waals surface area contributed by atoms with Gasteiger partial charge in [-0.1, -0.05) is 17.7 Å². The maximum atomic E-state index is 12.9. The van der Waals surface area contributed by atoms with Gasteiger partial charge in [-0.2, -0.15) is 0 Å². The van der Waals surface area contributed by atoms with Crippen molar-refractivity contribution in [3.8, 4) is 10.4 Å². The fraction of sp³-hybridized carbons (Fsp3) is 0.250. The molecule has 0 bridgehead atoms. The first-order chi connectivity index (χ1) is 9.10. The van der Waals surface area contributed by atoms with E-state index in [1.807, 2.05) is 19.2 Å². The van der Waals surface area contributed by atoms with Crippen molar-refractivity contribution in [3.05, 3.63) is 52.7 Å². The van der Waals surface area contributed by atoms with Crippen LogP contribution in [0.1, 0.15) is 18.7 Å². The standard InChI is InChI=1S/C16H18FNS/c1-11(12(2)18-3)10-15-8-9-16(19-15)13-4-6-14(17)7-5-13/h4-10,12,18H,1-3H3/b11-10+. The Morgan fingerprint density at radius 1 is 1.21 bits per heavy atom. The van der Waals surface area contributed by atoms with Crippen molar-refractivity contribution in [2.75, 3.05) is 7.05 Å². The fourth-order valence-electron chi connectivity index (χ4n) is 1.78. The number of likely N-dealkylation sites (N-methyl/N-ethyl adjacent to an activating group) is 1. The van der Waals surface area contributed by atoms with E-state index in [4.69, 9.17) is 0 Å². The lowest BCUT2D eigenvalue weighted by molar-refractivity contribution is 0.628. The predicted octanol–water partition coefficient (Wildman–Crippen LogP) is 4.57. The Bertz CT molecular complexity index is 569. The molecule has 2 aromatic rings. The van der Waals surface area contributed by atoms with Crippen LogP contribution in [-0.4, -0.2) is 13.1 Å². The first kappa shape index (κ1) is 14.0. The molecule has 0 aliphatic rings. The summed E-state index contributed by atoms with van der Waals surface area (Å²) in [6.07, 6.45) is 2.19. The third kappa shape index (κ3) is 3.52. The Kier molecular flexibility index (Phi) is 4.51. The SMILES string of the molecule is CNC(C)/C(C)=C/c1ccc(-c2ccc(F)cc2)s1. The molecule has 0 aliphatic heterocycles. The molecule has 1 atom stereocenters. The maximum Gasteiger partial charge on any atom is 0.123 e. The highest BCUT2D eigenvalue weighted by Gasteiger charge is 2.04. The Hall–Kier alpha value is -1.45. The van der Waals surface area contributed by atoms with Crippen LogP contribution in [0.25, 0.3) is 16.5 Å². The van der Waals surface area contributed by atoms with Crippen LogP contribution < -0.4 is 5.32 Å². The monoisotopic (exact) mass is 275 g/mol. The molecule has 0 saturated carbocycles. The molecule has 1 N–H and O–H groups in total. The van der Waals surface area contributed by atoms with Gasteiger partial charge in [-0.3, -0.25) is 0 Å². The number of rotatable bonds is 4. The van der Waals surface area contributed by atoms with Crippen molar-refractivity contribution in [1.82, 2.24) is 5.32 Å². The molecule has 1 aromatic heterocycles. The molecule has 1 heterocycles. The van der Waals surface area contributed by atoms with Gasteiger partial charge >= 0.3 is 0 Å². The molecule has 0 aliphatic carbocycles. The van der Waals surface area contributed by atoms with Gasteiger partial charge in [-0.15, -0.1) is 11.3 Å². The summed E-state index contributed by atoms with van der Waals surface area (Å²) in [7, 11) is 1.96. The molecule has 100 valence electrons. The predicted molar refractivity (Wildman–Crippen MR) is 81.9 cm³/mol. The number of thiophene rings is 1. The molecule has 0 amide bonds. The van der Waals surface area contributed by atoms with Gasteiger partial charge in [0, 0.05) is 15.8 Å². The van der Waals surface area contributed by atoms with Crippen molar-refractivity contribution in [1.29, 1.82) is 0 Å². The quantitative estimate of drug-likeness (QED) is 0.862. The van der Waals surface area contributed by atoms with E-state index in [9.17, 15) is 4.39 Å². The lowest BCUT2D eigenvalue weighted by Crippen LogP contribution is -2.21. The zero-order valence-electron chi connectivity index (χ0n) is 11.4. The highest BCUT2D eigenvalue weighted by Crippen LogP contribution is 2.29. The van der Waals surface area contributed by atoms with Crippen molar-refractivity contribution in [2.24, 2.45) is 0 Å². The van der Waals surface area contributed by atoms with Crippen LogP contribution in [0.15, 0.2) is 42.0 Å². The van der Waals surface area contributed by atoms with Crippen LogP contribution in [0, 0.1) is 5.82 Å². The highest BCUT2D eigenvalue weighted by atomic mass is 32.1. The van der Waals surface area contributed by atoms with Gasteiger partial charge in [0.25, 0.3) is 0 Å². The van der Waals surface area contributed by atoms with E-state index in [0.29, 0.717) is 6.04 Å². The summed E-state index contributed by atoms with van der Waals surface area (Å²) in [6.45, 7) is 4.26. The average molecular weight is 275 g/mol. The number of hydrogen-bond acceptors (Lipinski definition) is 2. The minimum absolute atomic E-state index is 0.195. The molecular formula is C16H18FNS. The Morgan fingerprint density at radius 3 is 2.53 bits per heavy atom. The van der Waals surface area contributed by atoms with Crippen LogP contribution in [-0.2, 0) is 0 Å². The zero-order chi connectivity index (χ0) is 13.8. The number of halogens is 1. The van der Waals surface area contributed by atoms with E-state index in [1.54, 1.807) is 11.3 Å². The van der Waals surface area contributed by atoms with Gasteiger partial charge in [-0.25, -0.2) is 4.39 Å². The van der Waals surface area contributed by atoms with E-state index in [0.717, 1.165) is 10.4 Å². The second-order valence-electron chi connectivity index (χ2n) is 4.61. The molecule has 1 nitrogen and oxygen atoms in total. The van der Waals surface area contributed by atoms with E-state index in [2.05, 4.69) is 37.4 Å².